The predicted octanol–water partition coefficient (Wildman–Crippen LogP) is 4.54. The van der Waals surface area contributed by atoms with Gasteiger partial charge >= 0.3 is 6.18 Å². The monoisotopic (exact) mass is 273 g/mol. The summed E-state index contributed by atoms with van der Waals surface area (Å²) in [6, 6.07) is 4.82. The van der Waals surface area contributed by atoms with E-state index >= 15 is 0 Å². The van der Waals surface area contributed by atoms with Crippen LogP contribution in [0.2, 0.25) is 0 Å². The van der Waals surface area contributed by atoms with Gasteiger partial charge in [-0.3, -0.25) is 0 Å². The number of benzene rings is 1. The molecular weight excluding hydrogens is 255 g/mol. The highest BCUT2D eigenvalue weighted by Gasteiger charge is 2.30. The molecule has 19 heavy (non-hydrogen) atoms. The molecule has 0 aliphatic carbocycles. The van der Waals surface area contributed by atoms with Gasteiger partial charge in [-0.15, -0.1) is 0 Å². The van der Waals surface area contributed by atoms with Crippen LogP contribution in [0.3, 0.4) is 0 Å². The smallest absolute Gasteiger partial charge is 0.416 e. The summed E-state index contributed by atoms with van der Waals surface area (Å²) in [5.41, 5.74) is -0.155. The largest absolute Gasteiger partial charge is 0.493 e. The lowest BCUT2D eigenvalue weighted by Gasteiger charge is -2.17. The van der Waals surface area contributed by atoms with Crippen molar-refractivity contribution in [3.8, 4) is 5.75 Å². The Morgan fingerprint density at radius 2 is 2.00 bits per heavy atom. The minimum absolute atomic E-state index is 0.0421. The fourth-order valence-electron chi connectivity index (χ4n) is 1.71. The zero-order valence-corrected chi connectivity index (χ0v) is 11.1. The maximum absolute atomic E-state index is 12.5. The Morgan fingerprint density at radius 1 is 1.32 bits per heavy atom. The topological polar surface area (TPSA) is 33.1 Å². The van der Waals surface area contributed by atoms with E-state index in [4.69, 9.17) is 10.1 Å². The van der Waals surface area contributed by atoms with E-state index in [9.17, 15) is 13.2 Å². The molecule has 1 unspecified atom stereocenters. The highest BCUT2D eigenvalue weighted by atomic mass is 19.4. The molecule has 1 rings (SSSR count). The van der Waals surface area contributed by atoms with Crippen LogP contribution >= 0.6 is 0 Å². The summed E-state index contributed by atoms with van der Waals surface area (Å²) in [6.07, 6.45) is -2.99. The first kappa shape index (κ1) is 15.5. The van der Waals surface area contributed by atoms with Crippen molar-refractivity contribution in [3.63, 3.8) is 0 Å². The van der Waals surface area contributed by atoms with E-state index in [-0.39, 0.29) is 18.3 Å². The molecule has 1 aromatic rings. The lowest BCUT2D eigenvalue weighted by molar-refractivity contribution is -0.137. The summed E-state index contributed by atoms with van der Waals surface area (Å²) in [5, 5.41) is 7.74. The molecule has 0 spiro atoms. The molecule has 5 heteroatoms. The van der Waals surface area contributed by atoms with Crippen LogP contribution in [-0.2, 0) is 6.18 Å². The number of halogens is 3. The van der Waals surface area contributed by atoms with Crippen LogP contribution in [0.25, 0.3) is 0 Å². The Hall–Kier alpha value is -1.52. The first-order valence-corrected chi connectivity index (χ1v) is 6.25. The zero-order valence-electron chi connectivity index (χ0n) is 11.1. The van der Waals surface area contributed by atoms with Crippen molar-refractivity contribution >= 4 is 5.71 Å². The number of ether oxygens (including phenoxy) is 1. The van der Waals surface area contributed by atoms with Crippen molar-refractivity contribution in [1.82, 2.24) is 0 Å². The molecule has 0 aliphatic heterocycles. The van der Waals surface area contributed by atoms with E-state index in [1.165, 1.54) is 12.1 Å². The van der Waals surface area contributed by atoms with Crippen molar-refractivity contribution in [2.24, 2.45) is 5.92 Å². The van der Waals surface area contributed by atoms with E-state index in [2.05, 4.69) is 0 Å². The Kier molecular flexibility index (Phi) is 5.39. The lowest BCUT2D eigenvalue weighted by Crippen LogP contribution is -2.20. The zero-order chi connectivity index (χ0) is 14.5. The summed E-state index contributed by atoms with van der Waals surface area (Å²) in [4.78, 5) is 0. The Bertz CT molecular complexity index is 429. The van der Waals surface area contributed by atoms with E-state index in [0.717, 1.165) is 18.6 Å². The summed E-state index contributed by atoms with van der Waals surface area (Å²) >= 11 is 0. The van der Waals surface area contributed by atoms with Gasteiger partial charge in [0, 0.05) is 11.6 Å². The Morgan fingerprint density at radius 3 is 2.53 bits per heavy atom. The van der Waals surface area contributed by atoms with E-state index in [1.54, 1.807) is 0 Å². The highest BCUT2D eigenvalue weighted by molar-refractivity contribution is 5.83. The maximum Gasteiger partial charge on any atom is 0.416 e. The van der Waals surface area contributed by atoms with Gasteiger partial charge in [0.1, 0.15) is 5.75 Å². The predicted molar refractivity (Wildman–Crippen MR) is 68.7 cm³/mol. The van der Waals surface area contributed by atoms with Gasteiger partial charge in [-0.25, -0.2) is 0 Å². The van der Waals surface area contributed by atoms with Crippen molar-refractivity contribution in [3.05, 3.63) is 29.8 Å². The minimum atomic E-state index is -4.36. The quantitative estimate of drug-likeness (QED) is 0.758. The summed E-state index contributed by atoms with van der Waals surface area (Å²) in [6.45, 7) is 4.06. The number of alkyl halides is 3. The average molecular weight is 273 g/mol. The van der Waals surface area contributed by atoms with Gasteiger partial charge in [0.05, 0.1) is 12.2 Å². The average Bonchev–Trinajstić information content (AvgIpc) is 2.38. The van der Waals surface area contributed by atoms with Gasteiger partial charge in [0.2, 0.25) is 0 Å². The van der Waals surface area contributed by atoms with Gasteiger partial charge in [0.25, 0.3) is 0 Å². The van der Waals surface area contributed by atoms with E-state index < -0.39 is 11.7 Å². The molecule has 106 valence electrons. The molecule has 0 amide bonds. The van der Waals surface area contributed by atoms with Crippen LogP contribution in [0.4, 0.5) is 13.2 Å². The standard InChI is InChI=1S/C14H18F3NO/c1-3-10(13(18)4-2)9-19-12-7-5-6-11(8-12)14(15,16)17/h5-8,10,18H,3-4,9H2,1-2H3. The third-order valence-electron chi connectivity index (χ3n) is 2.98. The van der Waals surface area contributed by atoms with Crippen LogP contribution < -0.4 is 4.74 Å². The molecule has 1 aromatic carbocycles. The van der Waals surface area contributed by atoms with E-state index in [0.29, 0.717) is 12.1 Å². The molecule has 0 fully saturated rings. The molecule has 0 saturated carbocycles. The van der Waals surface area contributed by atoms with Crippen LogP contribution in [0.5, 0.6) is 5.75 Å². The van der Waals surface area contributed by atoms with Gasteiger partial charge in [-0.05, 0) is 31.0 Å². The summed E-state index contributed by atoms with van der Waals surface area (Å²) in [7, 11) is 0. The molecule has 0 aliphatic rings. The second-order valence-corrected chi connectivity index (χ2v) is 4.32. The molecule has 0 radical (unpaired) electrons. The second-order valence-electron chi connectivity index (χ2n) is 4.32. The third kappa shape index (κ3) is 4.58. The molecule has 2 nitrogen and oxygen atoms in total. The van der Waals surface area contributed by atoms with Gasteiger partial charge in [-0.1, -0.05) is 19.9 Å². The number of hydrogen-bond acceptors (Lipinski definition) is 2. The molecule has 0 bridgehead atoms. The second kappa shape index (κ2) is 6.59. The molecule has 1 N–H and O–H groups in total. The fourth-order valence-corrected chi connectivity index (χ4v) is 1.71. The summed E-state index contributed by atoms with van der Waals surface area (Å²) in [5.74, 6) is 0.150. The third-order valence-corrected chi connectivity index (χ3v) is 2.98. The first-order chi connectivity index (χ1) is 8.88. The summed E-state index contributed by atoms with van der Waals surface area (Å²) < 4.78 is 43.0. The van der Waals surface area contributed by atoms with Crippen LogP contribution in [-0.4, -0.2) is 12.3 Å². The van der Waals surface area contributed by atoms with Crippen LogP contribution in [0, 0.1) is 11.3 Å². The normalized spacial score (nSPS) is 13.1. The van der Waals surface area contributed by atoms with E-state index in [1.807, 2.05) is 13.8 Å². The first-order valence-electron chi connectivity index (χ1n) is 6.25. The molecule has 0 saturated heterocycles. The van der Waals surface area contributed by atoms with Gasteiger partial charge in [-0.2, -0.15) is 13.2 Å². The number of hydrogen-bond donors (Lipinski definition) is 1. The SMILES string of the molecule is CCC(=N)C(CC)COc1cccc(C(F)(F)F)c1. The van der Waals surface area contributed by atoms with Crippen molar-refractivity contribution < 1.29 is 17.9 Å². The van der Waals surface area contributed by atoms with Gasteiger partial charge in [0.15, 0.2) is 0 Å². The Labute approximate surface area is 111 Å². The lowest BCUT2D eigenvalue weighted by atomic mass is 10.00. The molecule has 0 heterocycles. The molecule has 0 aromatic heterocycles. The van der Waals surface area contributed by atoms with Gasteiger partial charge < -0.3 is 10.1 Å². The minimum Gasteiger partial charge on any atom is -0.493 e. The van der Waals surface area contributed by atoms with Crippen LogP contribution in [0.15, 0.2) is 24.3 Å². The fraction of sp³-hybridized carbons (Fsp3) is 0.500. The van der Waals surface area contributed by atoms with Crippen molar-refractivity contribution in [1.29, 1.82) is 5.41 Å². The molecule has 1 atom stereocenters. The number of nitrogens with one attached hydrogen (secondary N) is 1. The van der Waals surface area contributed by atoms with Crippen molar-refractivity contribution in [2.45, 2.75) is 32.9 Å². The number of rotatable bonds is 6. The molecular formula is C14H18F3NO. The van der Waals surface area contributed by atoms with Crippen LogP contribution in [0.1, 0.15) is 32.3 Å². The highest BCUT2D eigenvalue weighted by Crippen LogP contribution is 2.31. The Balaban J connectivity index is 2.70. The van der Waals surface area contributed by atoms with Crippen molar-refractivity contribution in [2.75, 3.05) is 6.61 Å². The maximum atomic E-state index is 12.5.